The molecule has 4 aliphatic heterocycles. The van der Waals surface area contributed by atoms with Crippen LogP contribution in [0.5, 0.6) is 23.0 Å². The summed E-state index contributed by atoms with van der Waals surface area (Å²) in [6, 6.07) is 38.6. The monoisotopic (exact) mass is 1420 g/mol. The molecular weight excluding hydrogens is 1320 g/mol. The molecule has 0 saturated carbocycles. The van der Waals surface area contributed by atoms with Gasteiger partial charge in [-0.1, -0.05) is 193 Å². The van der Waals surface area contributed by atoms with Crippen molar-refractivity contribution in [1.82, 2.24) is 19.6 Å². The Morgan fingerprint density at radius 3 is 0.690 bits per heavy atom. The summed E-state index contributed by atoms with van der Waals surface area (Å²) < 4.78 is 0. The molecule has 0 N–H and O–H groups in total. The van der Waals surface area contributed by atoms with Crippen LogP contribution in [0.25, 0.3) is 0 Å². The Morgan fingerprint density at radius 1 is 0.333 bits per heavy atom. The third-order valence-corrected chi connectivity index (χ3v) is 15.9. The molecule has 6 aromatic carbocycles. The van der Waals surface area contributed by atoms with E-state index >= 15 is 0 Å². The predicted octanol–water partition coefficient (Wildman–Crippen LogP) is 10.9. The van der Waals surface area contributed by atoms with Crippen LogP contribution in [-0.2, 0) is 26.2 Å². The molecule has 0 aliphatic carbocycles. The van der Waals surface area contributed by atoms with E-state index in [-0.39, 0.29) is 104 Å². The van der Waals surface area contributed by atoms with Crippen LogP contribution in [0.4, 0.5) is 0 Å². The van der Waals surface area contributed by atoms with Crippen LogP contribution in [0.3, 0.4) is 0 Å². The maximum Gasteiger partial charge on any atom is 3.00 e. The molecule has 10 rings (SSSR count). The van der Waals surface area contributed by atoms with E-state index < -0.39 is 12.2 Å². The molecule has 0 spiro atoms. The van der Waals surface area contributed by atoms with Crippen LogP contribution in [0.15, 0.2) is 109 Å². The van der Waals surface area contributed by atoms with Gasteiger partial charge in [-0.25, -0.2) is 0 Å². The van der Waals surface area contributed by atoms with Gasteiger partial charge in [-0.15, -0.1) is 35.2 Å². The molecule has 4 fully saturated rings. The van der Waals surface area contributed by atoms with Crippen LogP contribution in [0.1, 0.15) is 157 Å². The molecular formula is C72H98N4O6Sm2. The van der Waals surface area contributed by atoms with E-state index in [0.717, 1.165) is 119 Å². The molecule has 12 heteroatoms. The molecule has 4 heterocycles. The molecule has 4 aliphatic rings. The van der Waals surface area contributed by atoms with E-state index in [1.54, 1.807) is 27.7 Å². The summed E-state index contributed by atoms with van der Waals surface area (Å²) in [6.07, 6.45) is 8.62. The molecule has 4 atom stereocenters. The number of likely N-dealkylation sites (tertiary alicyclic amines) is 4. The van der Waals surface area contributed by atoms with Gasteiger partial charge < -0.3 is 30.6 Å². The quantitative estimate of drug-likeness (QED) is 0.130. The van der Waals surface area contributed by atoms with Gasteiger partial charge >= 0.3 is 80.8 Å². The van der Waals surface area contributed by atoms with Gasteiger partial charge in [-0.3, -0.25) is 19.6 Å². The van der Waals surface area contributed by atoms with Gasteiger partial charge in [0.2, 0.25) is 0 Å². The van der Waals surface area contributed by atoms with Gasteiger partial charge in [0, 0.05) is 50.3 Å². The molecule has 2 radical (unpaired) electrons. The summed E-state index contributed by atoms with van der Waals surface area (Å²) in [4.78, 5) is 10.1. The number of benzene rings is 6. The first-order valence-electron chi connectivity index (χ1n) is 30.3. The zero-order valence-corrected chi connectivity index (χ0v) is 58.5. The number of aryl methyl sites for hydroxylation is 10. The summed E-state index contributed by atoms with van der Waals surface area (Å²) in [6.45, 7) is 33.8. The number of rotatable bonds is 10. The van der Waals surface area contributed by atoms with Crippen molar-refractivity contribution in [2.24, 2.45) is 0 Å². The van der Waals surface area contributed by atoms with Crippen LogP contribution in [0, 0.1) is 150 Å². The fourth-order valence-corrected chi connectivity index (χ4v) is 12.5. The Kier molecular flexibility index (Phi) is 33.8. The fourth-order valence-electron chi connectivity index (χ4n) is 12.5. The van der Waals surface area contributed by atoms with Crippen molar-refractivity contribution in [3.05, 3.63) is 187 Å². The van der Waals surface area contributed by atoms with E-state index in [4.69, 9.17) is 0 Å². The van der Waals surface area contributed by atoms with E-state index in [1.165, 1.54) is 62.5 Å². The van der Waals surface area contributed by atoms with Crippen molar-refractivity contribution in [3.8, 4) is 23.0 Å². The van der Waals surface area contributed by atoms with Crippen molar-refractivity contribution < 1.29 is 111 Å². The van der Waals surface area contributed by atoms with Crippen molar-refractivity contribution in [2.75, 3.05) is 26.2 Å². The van der Waals surface area contributed by atoms with Crippen LogP contribution < -0.4 is 30.6 Å². The van der Waals surface area contributed by atoms with E-state index in [9.17, 15) is 30.6 Å². The molecule has 0 amide bonds. The molecule has 4 saturated heterocycles. The maximum atomic E-state index is 12.7. The van der Waals surface area contributed by atoms with Crippen molar-refractivity contribution in [3.63, 3.8) is 0 Å². The largest absolute Gasteiger partial charge is 3.00 e. The minimum absolute atomic E-state index is 0. The summed E-state index contributed by atoms with van der Waals surface area (Å²) >= 11 is 0. The summed E-state index contributed by atoms with van der Waals surface area (Å²) in [5.41, 5.74) is 14.4. The van der Waals surface area contributed by atoms with Gasteiger partial charge in [0.05, 0.1) is 0 Å². The minimum atomic E-state index is -0.417. The van der Waals surface area contributed by atoms with Gasteiger partial charge in [0.25, 0.3) is 0 Å². The third kappa shape index (κ3) is 24.1. The summed E-state index contributed by atoms with van der Waals surface area (Å²) in [5, 5.41) is 69.7. The molecule has 0 aromatic heterocycles. The molecule has 84 heavy (non-hydrogen) atoms. The summed E-state index contributed by atoms with van der Waals surface area (Å²) in [5.74, 6) is 0.781. The Labute approximate surface area is 572 Å². The molecule has 6 aromatic rings. The van der Waals surface area contributed by atoms with E-state index in [2.05, 4.69) is 110 Å². The van der Waals surface area contributed by atoms with Gasteiger partial charge in [0.1, 0.15) is 0 Å². The zero-order chi connectivity index (χ0) is 60.2. The SMILES string of the molecule is CC(C)[O-].CC(C)[O-].Cc1cc(C)c([O-])c(CN2CCC[C@@H]2[C@@H]2CCCN2Cc2cc(C)cc(C)c2[O-])c1.Cc1cc(C)c([O-])c(CN2CCC[C@@H]2[C@@H]2CCCN2Cc2cc(C)cc(C)c2[O-])c1.Cc1ccccc1.Cc1ccccc1.[Sm+3].[Sm+3]. The van der Waals surface area contributed by atoms with Crippen LogP contribution in [0.2, 0.25) is 0 Å². The Morgan fingerprint density at radius 2 is 0.524 bits per heavy atom. The van der Waals surface area contributed by atoms with Crippen molar-refractivity contribution in [2.45, 2.75) is 211 Å². The van der Waals surface area contributed by atoms with Gasteiger partial charge in [-0.2, -0.15) is 0 Å². The number of hydrogen-bond donors (Lipinski definition) is 0. The van der Waals surface area contributed by atoms with Gasteiger partial charge in [0.15, 0.2) is 0 Å². The van der Waals surface area contributed by atoms with Gasteiger partial charge in [-0.05, 0) is 169 Å². The second-order valence-corrected chi connectivity index (χ2v) is 24.4. The predicted molar refractivity (Wildman–Crippen MR) is 328 cm³/mol. The second kappa shape index (κ2) is 37.7. The second-order valence-electron chi connectivity index (χ2n) is 24.4. The third-order valence-electron chi connectivity index (χ3n) is 15.9. The minimum Gasteiger partial charge on any atom is -0.872 e. The first-order valence-corrected chi connectivity index (χ1v) is 30.3. The number of hydrogen-bond acceptors (Lipinski definition) is 10. The van der Waals surface area contributed by atoms with Crippen molar-refractivity contribution in [1.29, 1.82) is 0 Å². The topological polar surface area (TPSA) is 151 Å². The fraction of sp³-hybridized carbons (Fsp3) is 0.500. The average molecular weight is 1420 g/mol. The first-order chi connectivity index (χ1) is 38.9. The molecule has 454 valence electrons. The molecule has 10 nitrogen and oxygen atoms in total. The van der Waals surface area contributed by atoms with Crippen molar-refractivity contribution >= 4 is 0 Å². The Hall–Kier alpha value is -3.04. The molecule has 0 bridgehead atoms. The van der Waals surface area contributed by atoms with Crippen LogP contribution >= 0.6 is 0 Å². The summed E-state index contributed by atoms with van der Waals surface area (Å²) in [7, 11) is 0. The normalized spacial score (nSPS) is 18.6. The Bertz CT molecular complexity index is 2530. The maximum absolute atomic E-state index is 12.7. The number of nitrogens with zero attached hydrogens (tertiary/aromatic N) is 4. The van der Waals surface area contributed by atoms with E-state index in [0.29, 0.717) is 24.2 Å². The van der Waals surface area contributed by atoms with E-state index in [1.807, 2.05) is 88.4 Å². The zero-order valence-electron chi connectivity index (χ0n) is 53.2. The smallest absolute Gasteiger partial charge is 0.872 e. The molecule has 0 unspecified atom stereocenters. The Balaban J connectivity index is 0.000000318. The average Bonchev–Trinajstić information content (AvgIpc) is 4.45. The standard InChI is InChI=1S/2C26H36N2O2.2C7H8.2C3H7O.2Sm/c2*1-17-11-19(3)25(29)21(13-17)15-27-9-5-7-23(27)24-8-6-10-28(24)16-22-14-18(2)12-20(4)26(22)30;2*1-7-5-3-2-4-6-7;2*1-3(2)4;;/h2*11-14,23-24,29-30H,5-10,15-16H2,1-4H3;2*2-6H,1H3;2*3H,1-2H3;;/q;;;;2*-1;2*+3/p-4/t2*23-,24+;;;;;;. The first kappa shape index (κ1) is 75.2. The van der Waals surface area contributed by atoms with Crippen LogP contribution in [-0.4, -0.2) is 82.2 Å².